The topological polar surface area (TPSA) is 57.4 Å². The molecule has 0 atom stereocenters. The summed E-state index contributed by atoms with van der Waals surface area (Å²) in [6.45, 7) is 0. The number of rotatable bonds is 4. The zero-order valence-corrected chi connectivity index (χ0v) is 25.8. The summed E-state index contributed by atoms with van der Waals surface area (Å²) in [5.74, 6) is 0. The maximum atomic E-state index is 10.1. The maximum Gasteiger partial charge on any atom is 0.0998 e. The van der Waals surface area contributed by atoms with Gasteiger partial charge in [0.25, 0.3) is 0 Å². The van der Waals surface area contributed by atoms with Crippen molar-refractivity contribution in [3.05, 3.63) is 169 Å². The highest BCUT2D eigenvalue weighted by molar-refractivity contribution is 6.11. The molecule has 0 fully saturated rings. The number of hydrogen-bond acceptors (Lipinski definition) is 2. The van der Waals surface area contributed by atoms with E-state index in [2.05, 4.69) is 124 Å². The van der Waals surface area contributed by atoms with Crippen LogP contribution in [0, 0.1) is 22.7 Å². The zero-order valence-electron chi connectivity index (χ0n) is 25.8. The van der Waals surface area contributed by atoms with Gasteiger partial charge in [-0.25, -0.2) is 0 Å². The van der Waals surface area contributed by atoms with E-state index in [1.165, 1.54) is 10.8 Å². The molecule has 0 saturated heterocycles. The predicted octanol–water partition coefficient (Wildman–Crippen LogP) is 11.0. The molecule has 0 aliphatic rings. The van der Waals surface area contributed by atoms with Crippen molar-refractivity contribution in [2.75, 3.05) is 0 Å². The van der Waals surface area contributed by atoms with E-state index in [-0.39, 0.29) is 0 Å². The minimum atomic E-state index is 0.628. The first-order chi connectivity index (χ1) is 23.7. The van der Waals surface area contributed by atoms with Crippen LogP contribution in [-0.4, -0.2) is 9.13 Å². The van der Waals surface area contributed by atoms with Crippen LogP contribution in [0.5, 0.6) is 0 Å². The fourth-order valence-corrected chi connectivity index (χ4v) is 7.22. The minimum absolute atomic E-state index is 0.628. The molecule has 4 heteroatoms. The normalized spacial score (nSPS) is 11.3. The van der Waals surface area contributed by atoms with Gasteiger partial charge in [-0.2, -0.15) is 10.5 Å². The second-order valence-electron chi connectivity index (χ2n) is 12.0. The molecule has 0 saturated carbocycles. The van der Waals surface area contributed by atoms with Crippen LogP contribution >= 0.6 is 0 Å². The van der Waals surface area contributed by atoms with E-state index in [4.69, 9.17) is 0 Å². The van der Waals surface area contributed by atoms with E-state index in [1.807, 2.05) is 54.6 Å². The van der Waals surface area contributed by atoms with E-state index in [1.54, 1.807) is 0 Å². The molecule has 7 aromatic carbocycles. The summed E-state index contributed by atoms with van der Waals surface area (Å²) < 4.78 is 4.60. The Morgan fingerprint density at radius 1 is 0.375 bits per heavy atom. The number of fused-ring (bicyclic) bond motifs is 6. The van der Waals surface area contributed by atoms with E-state index < -0.39 is 0 Å². The molecule has 0 aliphatic heterocycles. The fourth-order valence-electron chi connectivity index (χ4n) is 7.22. The van der Waals surface area contributed by atoms with Gasteiger partial charge >= 0.3 is 0 Å². The quantitative estimate of drug-likeness (QED) is 0.199. The molecule has 0 N–H and O–H groups in total. The molecule has 2 aromatic heterocycles. The molecule has 0 spiro atoms. The molecule has 0 unspecified atom stereocenters. The Hall–Kier alpha value is -6.88. The van der Waals surface area contributed by atoms with Crippen LogP contribution in [0.15, 0.2) is 158 Å². The van der Waals surface area contributed by atoms with Gasteiger partial charge in [0.05, 0.1) is 45.3 Å². The third-order valence-electron chi connectivity index (χ3n) is 9.36. The van der Waals surface area contributed by atoms with Crippen molar-refractivity contribution in [2.24, 2.45) is 0 Å². The fraction of sp³-hybridized carbons (Fsp3) is 0. The average Bonchev–Trinajstić information content (AvgIpc) is 3.67. The minimum Gasteiger partial charge on any atom is -0.309 e. The van der Waals surface area contributed by atoms with E-state index >= 15 is 0 Å². The van der Waals surface area contributed by atoms with E-state index in [0.29, 0.717) is 11.1 Å². The predicted molar refractivity (Wildman–Crippen MR) is 195 cm³/mol. The molecule has 0 aliphatic carbocycles. The number of benzene rings is 7. The van der Waals surface area contributed by atoms with E-state index in [9.17, 15) is 10.5 Å². The van der Waals surface area contributed by atoms with Crippen LogP contribution in [0.25, 0.3) is 77.2 Å². The summed E-state index contributed by atoms with van der Waals surface area (Å²) in [7, 11) is 0. The highest BCUT2D eigenvalue weighted by atomic mass is 15.0. The summed E-state index contributed by atoms with van der Waals surface area (Å²) in [6, 6.07) is 59.1. The largest absolute Gasteiger partial charge is 0.309 e. The monoisotopic (exact) mass is 610 g/mol. The van der Waals surface area contributed by atoms with Crippen LogP contribution in [0.4, 0.5) is 0 Å². The lowest BCUT2D eigenvalue weighted by Crippen LogP contribution is -1.97. The van der Waals surface area contributed by atoms with Gasteiger partial charge in [0.2, 0.25) is 0 Å². The van der Waals surface area contributed by atoms with E-state index in [0.717, 1.165) is 66.5 Å². The Bertz CT molecular complexity index is 2800. The van der Waals surface area contributed by atoms with Crippen molar-refractivity contribution in [3.8, 4) is 45.8 Å². The smallest absolute Gasteiger partial charge is 0.0998 e. The summed E-state index contributed by atoms with van der Waals surface area (Å²) in [5, 5.41) is 24.3. The number of hydrogen-bond donors (Lipinski definition) is 0. The Kier molecular flexibility index (Phi) is 6.22. The van der Waals surface area contributed by atoms with Crippen LogP contribution in [-0.2, 0) is 0 Å². The third-order valence-corrected chi connectivity index (χ3v) is 9.36. The first-order valence-electron chi connectivity index (χ1n) is 15.9. The number of para-hydroxylation sites is 3. The van der Waals surface area contributed by atoms with Crippen molar-refractivity contribution in [3.63, 3.8) is 0 Å². The molecule has 222 valence electrons. The standard InChI is InChI=1S/C44H26N4/c45-27-29-18-20-43-39(22-29)37-14-6-9-17-42(37)48(43)35-24-32(23-33(25-35)36-13-5-4-10-31(36)28-46)30-19-21-44-40(26-30)38-15-7-8-16-41(38)47(44)34-11-2-1-3-12-34/h1-26H. The summed E-state index contributed by atoms with van der Waals surface area (Å²) >= 11 is 0. The lowest BCUT2D eigenvalue weighted by atomic mass is 9.94. The molecule has 0 bridgehead atoms. The van der Waals surface area contributed by atoms with Crippen molar-refractivity contribution in [2.45, 2.75) is 0 Å². The zero-order chi connectivity index (χ0) is 32.2. The average molecular weight is 611 g/mol. The molecule has 0 radical (unpaired) electrons. The number of nitriles is 2. The van der Waals surface area contributed by atoms with Crippen molar-refractivity contribution >= 4 is 43.6 Å². The Labute approximate surface area is 277 Å². The second kappa shape index (κ2) is 10.9. The lowest BCUT2D eigenvalue weighted by Gasteiger charge is -2.15. The third kappa shape index (κ3) is 4.22. The molecule has 0 amide bonds. The highest BCUT2D eigenvalue weighted by Gasteiger charge is 2.17. The molecule has 4 nitrogen and oxygen atoms in total. The van der Waals surface area contributed by atoms with Gasteiger partial charge in [0.15, 0.2) is 0 Å². The Morgan fingerprint density at radius 3 is 1.69 bits per heavy atom. The first-order valence-corrected chi connectivity index (χ1v) is 15.9. The van der Waals surface area contributed by atoms with Gasteiger partial charge in [-0.1, -0.05) is 78.9 Å². The van der Waals surface area contributed by atoms with Crippen LogP contribution < -0.4 is 0 Å². The molecular formula is C44H26N4. The van der Waals surface area contributed by atoms with Gasteiger partial charge in [0.1, 0.15) is 0 Å². The molecular weight excluding hydrogens is 585 g/mol. The number of nitrogens with zero attached hydrogens (tertiary/aromatic N) is 4. The second-order valence-corrected chi connectivity index (χ2v) is 12.0. The summed E-state index contributed by atoms with van der Waals surface area (Å²) in [5.41, 5.74) is 11.7. The molecule has 48 heavy (non-hydrogen) atoms. The van der Waals surface area contributed by atoms with Gasteiger partial charge in [-0.3, -0.25) is 0 Å². The van der Waals surface area contributed by atoms with Crippen molar-refractivity contribution in [1.82, 2.24) is 9.13 Å². The lowest BCUT2D eigenvalue weighted by molar-refractivity contribution is 1.18. The van der Waals surface area contributed by atoms with Gasteiger partial charge < -0.3 is 9.13 Å². The van der Waals surface area contributed by atoms with Crippen LogP contribution in [0.3, 0.4) is 0 Å². The number of aromatic nitrogens is 2. The van der Waals surface area contributed by atoms with Gasteiger partial charge in [-0.05, 0) is 101 Å². The maximum absolute atomic E-state index is 10.1. The Morgan fingerprint density at radius 2 is 0.958 bits per heavy atom. The van der Waals surface area contributed by atoms with Crippen molar-refractivity contribution in [1.29, 1.82) is 10.5 Å². The van der Waals surface area contributed by atoms with Gasteiger partial charge in [0, 0.05) is 32.9 Å². The molecule has 9 rings (SSSR count). The first kappa shape index (κ1) is 27.4. The highest BCUT2D eigenvalue weighted by Crippen LogP contribution is 2.39. The molecule has 2 heterocycles. The van der Waals surface area contributed by atoms with Crippen LogP contribution in [0.2, 0.25) is 0 Å². The van der Waals surface area contributed by atoms with Gasteiger partial charge in [-0.15, -0.1) is 0 Å². The summed E-state index contributed by atoms with van der Waals surface area (Å²) in [4.78, 5) is 0. The van der Waals surface area contributed by atoms with Crippen LogP contribution in [0.1, 0.15) is 11.1 Å². The molecule has 9 aromatic rings. The van der Waals surface area contributed by atoms with Crippen molar-refractivity contribution < 1.29 is 0 Å². The SMILES string of the molecule is N#Cc1ccc2c(c1)c1ccccc1n2-c1cc(-c2ccc3c(c2)c2ccccc2n3-c2ccccc2)cc(-c2ccccc2C#N)c1. The summed E-state index contributed by atoms with van der Waals surface area (Å²) in [6.07, 6.45) is 0. The Balaban J connectivity index is 1.34.